The molecule has 1 amide bonds. The van der Waals surface area contributed by atoms with Gasteiger partial charge in [-0.25, -0.2) is 9.78 Å². The zero-order chi connectivity index (χ0) is 14.8. The van der Waals surface area contributed by atoms with E-state index in [0.29, 0.717) is 17.1 Å². The Kier molecular flexibility index (Phi) is 3.68. The quantitative estimate of drug-likeness (QED) is 0.774. The zero-order valence-corrected chi connectivity index (χ0v) is 12.3. The van der Waals surface area contributed by atoms with E-state index in [1.807, 2.05) is 16.8 Å². The Bertz CT molecular complexity index is 809. The van der Waals surface area contributed by atoms with Crippen LogP contribution in [0.25, 0.3) is 10.2 Å². The molecule has 0 fully saturated rings. The van der Waals surface area contributed by atoms with E-state index in [1.165, 1.54) is 17.4 Å². The van der Waals surface area contributed by atoms with Crippen LogP contribution in [0.2, 0.25) is 0 Å². The highest BCUT2D eigenvalue weighted by atomic mass is 32.1. The topological polar surface area (TPSA) is 79.3 Å². The fourth-order valence-electron chi connectivity index (χ4n) is 1.85. The molecule has 3 aromatic rings. The number of carbonyl (C=O) groups is 2. The molecule has 21 heavy (non-hydrogen) atoms. The number of thiophene rings is 1. The van der Waals surface area contributed by atoms with Crippen molar-refractivity contribution in [3.63, 3.8) is 0 Å². The van der Waals surface area contributed by atoms with Crippen LogP contribution in [0.1, 0.15) is 15.9 Å². The molecule has 0 saturated heterocycles. The van der Waals surface area contributed by atoms with Gasteiger partial charge in [0.2, 0.25) is 5.91 Å². The largest absolute Gasteiger partial charge is 0.478 e. The molecular formula is C14H10N2O3S2. The highest BCUT2D eigenvalue weighted by Gasteiger charge is 2.11. The number of aromatic nitrogens is 1. The number of hydrogen-bond acceptors (Lipinski definition) is 5. The molecular weight excluding hydrogens is 308 g/mol. The van der Waals surface area contributed by atoms with Gasteiger partial charge in [-0.15, -0.1) is 0 Å². The summed E-state index contributed by atoms with van der Waals surface area (Å²) in [5.41, 5.74) is 1.85. The van der Waals surface area contributed by atoms with E-state index >= 15 is 0 Å². The molecule has 0 bridgehead atoms. The molecule has 7 heteroatoms. The smallest absolute Gasteiger partial charge is 0.335 e. The van der Waals surface area contributed by atoms with Gasteiger partial charge in [-0.1, -0.05) is 11.3 Å². The number of amides is 1. The number of rotatable bonds is 4. The first-order valence-corrected chi connectivity index (χ1v) is 7.82. The van der Waals surface area contributed by atoms with Gasteiger partial charge in [-0.05, 0) is 40.6 Å². The third-order valence-corrected chi connectivity index (χ3v) is 4.49. The zero-order valence-electron chi connectivity index (χ0n) is 10.7. The van der Waals surface area contributed by atoms with Crippen LogP contribution in [0.3, 0.4) is 0 Å². The Morgan fingerprint density at radius 1 is 1.29 bits per heavy atom. The van der Waals surface area contributed by atoms with Crippen LogP contribution in [0.5, 0.6) is 0 Å². The molecule has 0 radical (unpaired) electrons. The molecule has 2 heterocycles. The predicted octanol–water partition coefficient (Wildman–Crippen LogP) is 3.24. The minimum Gasteiger partial charge on any atom is -0.478 e. The molecule has 0 unspecified atom stereocenters. The minimum absolute atomic E-state index is 0.133. The van der Waals surface area contributed by atoms with Crippen LogP contribution in [-0.2, 0) is 11.2 Å². The van der Waals surface area contributed by atoms with Gasteiger partial charge < -0.3 is 10.4 Å². The van der Waals surface area contributed by atoms with Crippen molar-refractivity contribution in [1.82, 2.24) is 4.98 Å². The first-order chi connectivity index (χ1) is 10.1. The number of benzene rings is 1. The van der Waals surface area contributed by atoms with Crippen molar-refractivity contribution >= 4 is 49.9 Å². The molecule has 3 rings (SSSR count). The minimum atomic E-state index is -0.978. The summed E-state index contributed by atoms with van der Waals surface area (Å²) in [6.07, 6.45) is 0.305. The lowest BCUT2D eigenvalue weighted by molar-refractivity contribution is -0.115. The van der Waals surface area contributed by atoms with Crippen LogP contribution in [0.4, 0.5) is 5.13 Å². The average Bonchev–Trinajstić information content (AvgIpc) is 3.05. The summed E-state index contributed by atoms with van der Waals surface area (Å²) in [5.74, 6) is -1.11. The predicted molar refractivity (Wildman–Crippen MR) is 83.2 cm³/mol. The molecule has 0 aliphatic heterocycles. The molecule has 0 aliphatic carbocycles. The van der Waals surface area contributed by atoms with E-state index in [2.05, 4.69) is 10.3 Å². The van der Waals surface area contributed by atoms with Crippen molar-refractivity contribution < 1.29 is 14.7 Å². The van der Waals surface area contributed by atoms with Crippen molar-refractivity contribution in [1.29, 1.82) is 0 Å². The first kappa shape index (κ1) is 13.7. The van der Waals surface area contributed by atoms with Gasteiger partial charge >= 0.3 is 5.97 Å². The van der Waals surface area contributed by atoms with E-state index in [1.54, 1.807) is 23.5 Å². The van der Waals surface area contributed by atoms with E-state index in [-0.39, 0.29) is 11.5 Å². The van der Waals surface area contributed by atoms with Crippen molar-refractivity contribution in [3.05, 3.63) is 46.2 Å². The Hall–Kier alpha value is -2.25. The fourth-order valence-corrected chi connectivity index (χ4v) is 3.44. The molecule has 5 nitrogen and oxygen atoms in total. The Balaban J connectivity index is 1.78. The second kappa shape index (κ2) is 5.63. The van der Waals surface area contributed by atoms with Crippen LogP contribution < -0.4 is 5.32 Å². The molecule has 0 atom stereocenters. The summed E-state index contributed by atoms with van der Waals surface area (Å²) in [6, 6.07) is 6.61. The van der Waals surface area contributed by atoms with Gasteiger partial charge in [0.05, 0.1) is 22.2 Å². The third kappa shape index (κ3) is 3.09. The summed E-state index contributed by atoms with van der Waals surface area (Å²) < 4.78 is 0.737. The monoisotopic (exact) mass is 318 g/mol. The van der Waals surface area contributed by atoms with Crippen molar-refractivity contribution in [2.75, 3.05) is 5.32 Å². The molecule has 0 saturated carbocycles. The average molecular weight is 318 g/mol. The van der Waals surface area contributed by atoms with Gasteiger partial charge in [0.1, 0.15) is 0 Å². The van der Waals surface area contributed by atoms with Crippen LogP contribution in [-0.4, -0.2) is 22.0 Å². The number of nitrogens with zero attached hydrogens (tertiary/aromatic N) is 1. The maximum Gasteiger partial charge on any atom is 0.335 e. The van der Waals surface area contributed by atoms with Gasteiger partial charge in [-0.2, -0.15) is 11.3 Å². The lowest BCUT2D eigenvalue weighted by atomic mass is 10.2. The SMILES string of the molecule is O=C(Cc1ccsc1)Nc1nc2ccc(C(=O)O)cc2s1. The van der Waals surface area contributed by atoms with Crippen molar-refractivity contribution in [2.45, 2.75) is 6.42 Å². The van der Waals surface area contributed by atoms with E-state index < -0.39 is 5.97 Å². The van der Waals surface area contributed by atoms with Crippen molar-refractivity contribution in [3.8, 4) is 0 Å². The maximum absolute atomic E-state index is 11.9. The summed E-state index contributed by atoms with van der Waals surface area (Å²) >= 11 is 2.81. The van der Waals surface area contributed by atoms with Gasteiger partial charge in [-0.3, -0.25) is 4.79 Å². The number of carboxylic acid groups (broad SMARTS) is 1. The first-order valence-electron chi connectivity index (χ1n) is 6.06. The van der Waals surface area contributed by atoms with Crippen molar-refractivity contribution in [2.24, 2.45) is 0 Å². The van der Waals surface area contributed by atoms with E-state index in [9.17, 15) is 9.59 Å². The van der Waals surface area contributed by atoms with Crippen LogP contribution >= 0.6 is 22.7 Å². The summed E-state index contributed by atoms with van der Waals surface area (Å²) in [5, 5.41) is 16.0. The Labute approximate surface area is 127 Å². The van der Waals surface area contributed by atoms with Crippen LogP contribution in [0, 0.1) is 0 Å². The highest BCUT2D eigenvalue weighted by molar-refractivity contribution is 7.22. The number of thiazole rings is 1. The molecule has 1 aromatic carbocycles. The molecule has 2 N–H and O–H groups in total. The van der Waals surface area contributed by atoms with E-state index in [4.69, 9.17) is 5.11 Å². The lowest BCUT2D eigenvalue weighted by Crippen LogP contribution is -2.13. The number of carbonyl (C=O) groups excluding carboxylic acids is 1. The summed E-state index contributed by atoms with van der Waals surface area (Å²) in [6.45, 7) is 0. The summed E-state index contributed by atoms with van der Waals surface area (Å²) in [4.78, 5) is 27.1. The highest BCUT2D eigenvalue weighted by Crippen LogP contribution is 2.27. The van der Waals surface area contributed by atoms with Crippen LogP contribution in [0.15, 0.2) is 35.0 Å². The molecule has 0 aliphatic rings. The molecule has 106 valence electrons. The van der Waals surface area contributed by atoms with Gasteiger partial charge in [0.25, 0.3) is 0 Å². The fraction of sp³-hybridized carbons (Fsp3) is 0.0714. The molecule has 0 spiro atoms. The number of carboxylic acids is 1. The standard InChI is InChI=1S/C14H10N2O3S2/c17-12(5-8-3-4-20-7-8)16-14-15-10-2-1-9(13(18)19)6-11(10)21-14/h1-4,6-7H,5H2,(H,18,19)(H,15,16,17). The number of hydrogen-bond donors (Lipinski definition) is 2. The number of fused-ring (bicyclic) bond motifs is 1. The Morgan fingerprint density at radius 2 is 2.14 bits per heavy atom. The lowest BCUT2D eigenvalue weighted by Gasteiger charge is -1.98. The number of anilines is 1. The molecule has 2 aromatic heterocycles. The normalized spacial score (nSPS) is 10.7. The van der Waals surface area contributed by atoms with E-state index in [0.717, 1.165) is 10.3 Å². The number of nitrogens with one attached hydrogen (secondary N) is 1. The maximum atomic E-state index is 11.9. The van der Waals surface area contributed by atoms with Gasteiger partial charge in [0.15, 0.2) is 5.13 Å². The van der Waals surface area contributed by atoms with Gasteiger partial charge in [0, 0.05) is 0 Å². The number of aromatic carboxylic acids is 1. The Morgan fingerprint density at radius 3 is 2.86 bits per heavy atom. The summed E-state index contributed by atoms with van der Waals surface area (Å²) in [7, 11) is 0. The third-order valence-electron chi connectivity index (χ3n) is 2.83. The second-order valence-corrected chi connectivity index (χ2v) is 6.17. The second-order valence-electron chi connectivity index (χ2n) is 4.36.